The molecule has 0 unspecified atom stereocenters. The molecule has 3 aromatic rings. The summed E-state index contributed by atoms with van der Waals surface area (Å²) >= 11 is 6.24. The fourth-order valence-corrected chi connectivity index (χ4v) is 6.02. The SMILES string of the molecule is CC(C)[C@H](NC(=O)c1cc(Cl)ccc1OCCN1CCN(CCCC(c2ccc(F)cc2)c2ccc(F)cc2)CC1)C(=O)OC(C)(C)C. The molecule has 0 spiro atoms. The van der Waals surface area contributed by atoms with Crippen molar-refractivity contribution in [1.82, 2.24) is 15.1 Å². The van der Waals surface area contributed by atoms with Gasteiger partial charge in [-0.25, -0.2) is 13.6 Å². The van der Waals surface area contributed by atoms with Crippen molar-refractivity contribution in [2.24, 2.45) is 5.92 Å². The van der Waals surface area contributed by atoms with Gasteiger partial charge in [0.2, 0.25) is 0 Å². The van der Waals surface area contributed by atoms with Crippen LogP contribution in [0.5, 0.6) is 5.75 Å². The highest BCUT2D eigenvalue weighted by Gasteiger charge is 2.30. The van der Waals surface area contributed by atoms with Gasteiger partial charge in [-0.1, -0.05) is 49.7 Å². The third kappa shape index (κ3) is 11.3. The van der Waals surface area contributed by atoms with Crippen molar-refractivity contribution in [2.45, 2.75) is 65.0 Å². The fraction of sp³-hybridized carbons (Fsp3) is 0.474. The number of hydrogen-bond donors (Lipinski definition) is 1. The zero-order valence-electron chi connectivity index (χ0n) is 28.6. The van der Waals surface area contributed by atoms with Crippen LogP contribution in [0.2, 0.25) is 5.02 Å². The third-order valence-corrected chi connectivity index (χ3v) is 8.68. The number of halogens is 3. The van der Waals surface area contributed by atoms with Gasteiger partial charge in [0.05, 0.1) is 5.56 Å². The summed E-state index contributed by atoms with van der Waals surface area (Å²) in [5.41, 5.74) is 1.64. The molecule has 4 rings (SSSR count). The summed E-state index contributed by atoms with van der Waals surface area (Å²) in [4.78, 5) is 30.9. The number of esters is 1. The molecular formula is C38H48ClF2N3O4. The summed E-state index contributed by atoms with van der Waals surface area (Å²) < 4.78 is 38.8. The second-order valence-electron chi connectivity index (χ2n) is 13.7. The first kappa shape index (κ1) is 37.3. The van der Waals surface area contributed by atoms with Crippen LogP contribution in [-0.2, 0) is 9.53 Å². The second-order valence-corrected chi connectivity index (χ2v) is 14.1. The van der Waals surface area contributed by atoms with E-state index in [-0.39, 0.29) is 29.0 Å². The van der Waals surface area contributed by atoms with Crippen molar-refractivity contribution in [3.05, 3.63) is 100 Å². The van der Waals surface area contributed by atoms with Gasteiger partial charge in [-0.3, -0.25) is 9.69 Å². The molecule has 0 saturated carbocycles. The predicted octanol–water partition coefficient (Wildman–Crippen LogP) is 7.32. The Hall–Kier alpha value is -3.53. The Balaban J connectivity index is 1.25. The average Bonchev–Trinajstić information content (AvgIpc) is 3.03. The molecule has 1 aliphatic heterocycles. The van der Waals surface area contributed by atoms with Gasteiger partial charge < -0.3 is 19.7 Å². The fourth-order valence-electron chi connectivity index (χ4n) is 5.84. The van der Waals surface area contributed by atoms with Crippen molar-refractivity contribution in [3.8, 4) is 5.75 Å². The van der Waals surface area contributed by atoms with E-state index in [0.717, 1.165) is 56.7 Å². The van der Waals surface area contributed by atoms with Gasteiger partial charge in [0.15, 0.2) is 0 Å². The summed E-state index contributed by atoms with van der Waals surface area (Å²) in [5.74, 6) is -1.20. The maximum Gasteiger partial charge on any atom is 0.329 e. The lowest BCUT2D eigenvalue weighted by Crippen LogP contribution is -2.47. The maximum absolute atomic E-state index is 13.6. The van der Waals surface area contributed by atoms with E-state index in [4.69, 9.17) is 21.1 Å². The van der Waals surface area contributed by atoms with E-state index in [1.165, 1.54) is 24.3 Å². The maximum atomic E-state index is 13.6. The summed E-state index contributed by atoms with van der Waals surface area (Å²) in [6, 6.07) is 17.3. The van der Waals surface area contributed by atoms with Crippen LogP contribution in [0, 0.1) is 17.6 Å². The molecule has 7 nitrogen and oxygen atoms in total. The molecule has 3 aromatic carbocycles. The van der Waals surface area contributed by atoms with Crippen molar-refractivity contribution in [3.63, 3.8) is 0 Å². The molecule has 260 valence electrons. The number of ether oxygens (including phenoxy) is 2. The van der Waals surface area contributed by atoms with Crippen LogP contribution in [0.15, 0.2) is 66.7 Å². The van der Waals surface area contributed by atoms with E-state index >= 15 is 0 Å². The number of nitrogens with one attached hydrogen (secondary N) is 1. The number of piperazine rings is 1. The van der Waals surface area contributed by atoms with Gasteiger partial charge in [0.25, 0.3) is 5.91 Å². The lowest BCUT2D eigenvalue weighted by atomic mass is 9.87. The first-order valence-electron chi connectivity index (χ1n) is 16.7. The first-order chi connectivity index (χ1) is 22.8. The largest absolute Gasteiger partial charge is 0.491 e. The van der Waals surface area contributed by atoms with Crippen LogP contribution >= 0.6 is 11.6 Å². The summed E-state index contributed by atoms with van der Waals surface area (Å²) in [5, 5.41) is 3.21. The minimum Gasteiger partial charge on any atom is -0.491 e. The topological polar surface area (TPSA) is 71.1 Å². The minimum absolute atomic E-state index is 0.0676. The Labute approximate surface area is 288 Å². The van der Waals surface area contributed by atoms with Gasteiger partial charge in [-0.05, 0) is 99.7 Å². The quantitative estimate of drug-likeness (QED) is 0.180. The number of benzene rings is 3. The zero-order chi connectivity index (χ0) is 34.8. The molecule has 0 radical (unpaired) electrons. The van der Waals surface area contributed by atoms with Crippen molar-refractivity contribution < 1.29 is 27.8 Å². The smallest absolute Gasteiger partial charge is 0.329 e. The highest BCUT2D eigenvalue weighted by Crippen LogP contribution is 2.30. The van der Waals surface area contributed by atoms with Crippen LogP contribution in [0.4, 0.5) is 8.78 Å². The average molecular weight is 684 g/mol. The van der Waals surface area contributed by atoms with Crippen LogP contribution < -0.4 is 10.1 Å². The Morgan fingerprint density at radius 2 is 1.40 bits per heavy atom. The summed E-state index contributed by atoms with van der Waals surface area (Å²) in [6.45, 7) is 14.7. The lowest BCUT2D eigenvalue weighted by Gasteiger charge is -2.35. The summed E-state index contributed by atoms with van der Waals surface area (Å²) in [6.07, 6.45) is 1.83. The van der Waals surface area contributed by atoms with E-state index in [1.807, 2.05) is 38.1 Å². The highest BCUT2D eigenvalue weighted by atomic mass is 35.5. The van der Waals surface area contributed by atoms with Crippen LogP contribution in [0.3, 0.4) is 0 Å². The molecular weight excluding hydrogens is 636 g/mol. The van der Waals surface area contributed by atoms with Crippen LogP contribution in [-0.4, -0.2) is 79.2 Å². The third-order valence-electron chi connectivity index (χ3n) is 8.44. The predicted molar refractivity (Wildman–Crippen MR) is 186 cm³/mol. The number of rotatable bonds is 14. The molecule has 1 amide bonds. The summed E-state index contributed by atoms with van der Waals surface area (Å²) in [7, 11) is 0. The highest BCUT2D eigenvalue weighted by molar-refractivity contribution is 6.31. The van der Waals surface area contributed by atoms with Crippen molar-refractivity contribution >= 4 is 23.5 Å². The molecule has 1 aliphatic rings. The monoisotopic (exact) mass is 683 g/mol. The molecule has 1 atom stereocenters. The van der Waals surface area contributed by atoms with Gasteiger partial charge in [0.1, 0.15) is 35.6 Å². The van der Waals surface area contributed by atoms with Crippen molar-refractivity contribution in [1.29, 1.82) is 0 Å². The number of hydrogen-bond acceptors (Lipinski definition) is 6. The van der Waals surface area contributed by atoms with E-state index in [0.29, 0.717) is 23.9 Å². The van der Waals surface area contributed by atoms with Gasteiger partial charge in [-0.15, -0.1) is 0 Å². The van der Waals surface area contributed by atoms with E-state index in [9.17, 15) is 18.4 Å². The van der Waals surface area contributed by atoms with Gasteiger partial charge >= 0.3 is 5.97 Å². The minimum atomic E-state index is -0.823. The number of amides is 1. The molecule has 10 heteroatoms. The number of carbonyl (C=O) groups is 2. The van der Waals surface area contributed by atoms with E-state index < -0.39 is 23.5 Å². The Morgan fingerprint density at radius 1 is 0.854 bits per heavy atom. The van der Waals surface area contributed by atoms with Crippen LogP contribution in [0.25, 0.3) is 0 Å². The molecule has 48 heavy (non-hydrogen) atoms. The molecule has 1 saturated heterocycles. The molecule has 1 N–H and O–H groups in total. The number of carbonyl (C=O) groups excluding carboxylic acids is 2. The van der Waals surface area contributed by atoms with Crippen molar-refractivity contribution in [2.75, 3.05) is 45.9 Å². The second kappa shape index (κ2) is 17.2. The Morgan fingerprint density at radius 3 is 1.92 bits per heavy atom. The first-order valence-corrected chi connectivity index (χ1v) is 17.1. The molecule has 0 aliphatic carbocycles. The Bertz CT molecular complexity index is 1440. The Kier molecular flexibility index (Phi) is 13.4. The van der Waals surface area contributed by atoms with E-state index in [2.05, 4.69) is 15.1 Å². The molecule has 1 fully saturated rings. The molecule has 1 heterocycles. The van der Waals surface area contributed by atoms with Gasteiger partial charge in [0, 0.05) is 43.7 Å². The zero-order valence-corrected chi connectivity index (χ0v) is 29.4. The van der Waals surface area contributed by atoms with E-state index in [1.54, 1.807) is 39.0 Å². The molecule has 0 aromatic heterocycles. The van der Waals surface area contributed by atoms with Crippen LogP contribution in [0.1, 0.15) is 74.9 Å². The van der Waals surface area contributed by atoms with Gasteiger partial charge in [-0.2, -0.15) is 0 Å². The normalized spacial score (nSPS) is 15.0. The molecule has 0 bridgehead atoms. The standard InChI is InChI=1S/C38H48ClF2N3O4/c1-26(2)35(37(46)48-38(3,4)5)42-36(45)33-25-29(39)12-17-34(33)47-24-23-44-21-19-43(20-22-44)18-6-7-32(27-8-13-30(40)14-9-27)28-10-15-31(41)16-11-28/h8-17,25-26,32,35H,6-7,18-24H2,1-5H3,(H,42,45)/t35-/m0/s1. The number of nitrogens with zero attached hydrogens (tertiary/aromatic N) is 2. The lowest BCUT2D eigenvalue weighted by molar-refractivity contribution is -0.158.